The standard InChI is InChI=1S/C38H34N8O13S3/c1-21-15-32(44-45-37-36(62(56,57)58)17-24-16-27(12-14-30(24)38(37)47)41-40-26-10-7-25(39)8-11-26)33(59-2)20-31(21)43-42-28-9-5-22(34(18-28)60(50,51)52)3-4-23-6-13-29(46(48)49)19-35(23)61(53,54)55/h3-20,47,50-52,56-58H,39H2,1-2H3,(H,53,54,55). The second-order valence-electron chi connectivity index (χ2n) is 13.0. The van der Waals surface area contributed by atoms with Crippen LogP contribution in [0.4, 0.5) is 45.5 Å². The monoisotopic (exact) mass is 906 g/mol. The van der Waals surface area contributed by atoms with Crippen LogP contribution < -0.4 is 10.5 Å². The van der Waals surface area contributed by atoms with Gasteiger partial charge in [0.15, 0.2) is 5.75 Å². The maximum atomic E-state index is 11.9. The number of methoxy groups -OCH3 is 1. The zero-order chi connectivity index (χ0) is 45.1. The van der Waals surface area contributed by atoms with Crippen LogP contribution in [0.3, 0.4) is 0 Å². The number of nitrogens with zero attached hydrogens (tertiary/aromatic N) is 7. The number of anilines is 1. The van der Waals surface area contributed by atoms with E-state index in [1.807, 2.05) is 0 Å². The van der Waals surface area contributed by atoms with Gasteiger partial charge < -0.3 is 42.9 Å². The van der Waals surface area contributed by atoms with E-state index >= 15 is 0 Å². The first-order valence-corrected chi connectivity index (χ1v) is 21.8. The summed E-state index contributed by atoms with van der Waals surface area (Å²) in [5, 5.41) is 47.7. The van der Waals surface area contributed by atoms with Crippen LogP contribution in [-0.4, -0.2) is 57.4 Å². The first kappa shape index (κ1) is 44.8. The van der Waals surface area contributed by atoms with E-state index in [0.717, 1.165) is 24.3 Å². The van der Waals surface area contributed by atoms with E-state index in [1.54, 1.807) is 37.3 Å². The minimum absolute atomic E-state index is 0.0153. The molecule has 21 nitrogen and oxygen atoms in total. The highest BCUT2D eigenvalue weighted by molar-refractivity contribution is 8.19. The van der Waals surface area contributed by atoms with Gasteiger partial charge in [-0.15, -0.1) is 10.2 Å². The number of nitrogens with two attached hydrogens (primary N) is 1. The number of nitrogen functional groups attached to an aromatic ring is 1. The smallest absolute Gasteiger partial charge is 0.295 e. The number of aryl methyl sites for hydroxylation is 1. The molecule has 0 bridgehead atoms. The van der Waals surface area contributed by atoms with Crippen LogP contribution in [0, 0.1) is 17.0 Å². The summed E-state index contributed by atoms with van der Waals surface area (Å²) in [6.45, 7) is 1.63. The van der Waals surface area contributed by atoms with E-state index in [9.17, 15) is 55.5 Å². The average molecular weight is 907 g/mol. The molecular weight excluding hydrogens is 873 g/mol. The predicted octanol–water partition coefficient (Wildman–Crippen LogP) is 12.2. The molecule has 10 N–H and O–H groups in total. The molecule has 0 aliphatic heterocycles. The van der Waals surface area contributed by atoms with Crippen LogP contribution in [-0.2, 0) is 10.1 Å². The fourth-order valence-corrected chi connectivity index (χ4v) is 7.84. The molecule has 6 aromatic rings. The molecule has 0 spiro atoms. The molecule has 0 heterocycles. The topological polar surface area (TPSA) is 349 Å². The number of phenolic OH excluding ortho intramolecular Hbond substituents is 1. The Morgan fingerprint density at radius 1 is 0.645 bits per heavy atom. The van der Waals surface area contributed by atoms with Crippen molar-refractivity contribution in [2.45, 2.75) is 21.6 Å². The predicted molar refractivity (Wildman–Crippen MR) is 232 cm³/mol. The third kappa shape index (κ3) is 10.4. The SMILES string of the molecule is COc1cc(N=Nc2ccc(C=Cc3ccc([N+](=O)[O-])cc3S(=O)(=O)O)c(S(O)(O)O)c2)c(C)cc1N=Nc1c(S(O)(O)O)cc2cc(N=Nc3ccc(N)cc3)ccc2c1O. The van der Waals surface area contributed by atoms with Crippen LogP contribution in [0.2, 0.25) is 0 Å². The maximum Gasteiger partial charge on any atom is 0.295 e. The number of hydrogen-bond donors (Lipinski definition) is 9. The summed E-state index contributed by atoms with van der Waals surface area (Å²) < 4.78 is 101. The molecule has 0 amide bonds. The van der Waals surface area contributed by atoms with Crippen molar-refractivity contribution in [3.8, 4) is 11.5 Å². The number of aromatic hydroxyl groups is 1. The highest BCUT2D eigenvalue weighted by Gasteiger charge is 2.26. The first-order valence-electron chi connectivity index (χ1n) is 17.3. The molecule has 62 heavy (non-hydrogen) atoms. The summed E-state index contributed by atoms with van der Waals surface area (Å²) in [4.78, 5) is 8.53. The molecule has 0 aliphatic rings. The van der Waals surface area contributed by atoms with Gasteiger partial charge in [0.25, 0.3) is 15.8 Å². The lowest BCUT2D eigenvalue weighted by Gasteiger charge is -2.22. The van der Waals surface area contributed by atoms with Gasteiger partial charge in [-0.2, -0.15) is 28.9 Å². The number of fused-ring (bicyclic) bond motifs is 1. The zero-order valence-corrected chi connectivity index (χ0v) is 34.4. The largest absolute Gasteiger partial charge is 0.505 e. The van der Waals surface area contributed by atoms with Crippen molar-refractivity contribution >= 4 is 100 Å². The first-order chi connectivity index (χ1) is 29.1. The summed E-state index contributed by atoms with van der Waals surface area (Å²) in [6.07, 6.45) is 2.30. The molecule has 6 rings (SSSR count). The number of nitro benzene ring substituents is 1. The molecule has 0 atom stereocenters. The van der Waals surface area contributed by atoms with Gasteiger partial charge in [-0.3, -0.25) is 14.7 Å². The summed E-state index contributed by atoms with van der Waals surface area (Å²) in [5.74, 6) is -0.448. The molecule has 0 aliphatic carbocycles. The van der Waals surface area contributed by atoms with E-state index in [-0.39, 0.29) is 44.7 Å². The minimum Gasteiger partial charge on any atom is -0.505 e. The van der Waals surface area contributed by atoms with Gasteiger partial charge in [-0.1, -0.05) is 18.2 Å². The van der Waals surface area contributed by atoms with Gasteiger partial charge in [0.1, 0.15) is 43.8 Å². The molecule has 0 unspecified atom stereocenters. The van der Waals surface area contributed by atoms with E-state index in [4.69, 9.17) is 10.5 Å². The number of benzene rings is 6. The Kier molecular flexibility index (Phi) is 12.8. The van der Waals surface area contributed by atoms with Gasteiger partial charge in [0.2, 0.25) is 0 Å². The normalized spacial score (nSPS) is 13.2. The number of nitro groups is 1. The zero-order valence-electron chi connectivity index (χ0n) is 31.9. The van der Waals surface area contributed by atoms with Crippen molar-refractivity contribution in [2.24, 2.45) is 30.7 Å². The Morgan fingerprint density at radius 3 is 1.84 bits per heavy atom. The average Bonchev–Trinajstić information content (AvgIpc) is 3.20. The Labute approximate surface area is 354 Å². The fraction of sp³-hybridized carbons (Fsp3) is 0.0526. The number of hydrogen-bond acceptors (Lipinski definition) is 19. The second-order valence-corrected chi connectivity index (χ2v) is 17.4. The summed E-state index contributed by atoms with van der Waals surface area (Å²) in [7, 11) is -12.5. The summed E-state index contributed by atoms with van der Waals surface area (Å²) in [6, 6.07) is 21.8. The van der Waals surface area contributed by atoms with Gasteiger partial charge in [0.05, 0.1) is 44.6 Å². The van der Waals surface area contributed by atoms with Gasteiger partial charge >= 0.3 is 0 Å². The minimum atomic E-state index is -4.92. The molecular formula is C38H34N8O13S3. The lowest BCUT2D eigenvalue weighted by Crippen LogP contribution is -2.02. The molecule has 0 aromatic heterocycles. The highest BCUT2D eigenvalue weighted by atomic mass is 32.3. The van der Waals surface area contributed by atoms with Crippen LogP contribution in [0.25, 0.3) is 22.9 Å². The van der Waals surface area contributed by atoms with Crippen molar-refractivity contribution in [1.29, 1.82) is 0 Å². The molecule has 6 aromatic carbocycles. The molecule has 0 saturated heterocycles. The quantitative estimate of drug-likeness (QED) is 0.0130. The van der Waals surface area contributed by atoms with Gasteiger partial charge in [-0.25, -0.2) is 0 Å². The van der Waals surface area contributed by atoms with Crippen LogP contribution in [0.1, 0.15) is 16.7 Å². The maximum absolute atomic E-state index is 11.9. The van der Waals surface area contributed by atoms with Crippen molar-refractivity contribution in [3.63, 3.8) is 0 Å². The lowest BCUT2D eigenvalue weighted by molar-refractivity contribution is -0.385. The summed E-state index contributed by atoms with van der Waals surface area (Å²) in [5.41, 5.74) is 6.63. The Bertz CT molecular complexity index is 2970. The molecule has 24 heteroatoms. The fourth-order valence-electron chi connectivity index (χ4n) is 5.73. The van der Waals surface area contributed by atoms with E-state index in [2.05, 4.69) is 30.7 Å². The summed E-state index contributed by atoms with van der Waals surface area (Å²) >= 11 is 0. The number of non-ortho nitro benzene ring substituents is 1. The molecule has 0 saturated carbocycles. The lowest BCUT2D eigenvalue weighted by atomic mass is 10.1. The number of azo groups is 3. The number of phenols is 1. The number of ether oxygens (including phenoxy) is 1. The van der Waals surface area contributed by atoms with Crippen molar-refractivity contribution in [1.82, 2.24) is 0 Å². The third-order valence-electron chi connectivity index (χ3n) is 8.75. The van der Waals surface area contributed by atoms with Crippen molar-refractivity contribution < 1.29 is 55.1 Å². The third-order valence-corrected chi connectivity index (χ3v) is 11.5. The van der Waals surface area contributed by atoms with Crippen molar-refractivity contribution in [3.05, 3.63) is 124 Å². The Morgan fingerprint density at radius 2 is 1.21 bits per heavy atom. The van der Waals surface area contributed by atoms with Crippen LogP contribution in [0.15, 0.2) is 142 Å². The molecule has 0 radical (unpaired) electrons. The molecule has 0 fully saturated rings. The van der Waals surface area contributed by atoms with Gasteiger partial charge in [-0.05, 0) is 102 Å². The second kappa shape index (κ2) is 17.7. The number of rotatable bonds is 13. The van der Waals surface area contributed by atoms with E-state index in [1.165, 1.54) is 55.7 Å². The van der Waals surface area contributed by atoms with Crippen LogP contribution >= 0.6 is 21.7 Å². The van der Waals surface area contributed by atoms with E-state index in [0.29, 0.717) is 28.7 Å². The van der Waals surface area contributed by atoms with Gasteiger partial charge in [0, 0.05) is 29.3 Å². The van der Waals surface area contributed by atoms with Crippen LogP contribution in [0.5, 0.6) is 11.5 Å². The Hall–Kier alpha value is -6.71. The Balaban J connectivity index is 1.29. The molecule has 322 valence electrons. The van der Waals surface area contributed by atoms with E-state index < -0.39 is 68.6 Å². The van der Waals surface area contributed by atoms with Crippen molar-refractivity contribution in [2.75, 3.05) is 12.8 Å². The highest BCUT2D eigenvalue weighted by Crippen LogP contribution is 2.55.